The van der Waals surface area contributed by atoms with Crippen LogP contribution in [0.4, 0.5) is 0 Å². The summed E-state index contributed by atoms with van der Waals surface area (Å²) in [5, 5.41) is 10.1. The first-order valence-electron chi connectivity index (χ1n) is 11.9. The van der Waals surface area contributed by atoms with Crippen molar-refractivity contribution in [2.24, 2.45) is 18.9 Å². The van der Waals surface area contributed by atoms with Crippen LogP contribution in [0.25, 0.3) is 33.2 Å². The van der Waals surface area contributed by atoms with Gasteiger partial charge in [0.05, 0.1) is 54.0 Å². The number of nitrogens with zero attached hydrogens (tertiary/aromatic N) is 5. The van der Waals surface area contributed by atoms with Gasteiger partial charge in [-0.25, -0.2) is 4.79 Å². The molecule has 2 unspecified atom stereocenters. The van der Waals surface area contributed by atoms with Gasteiger partial charge in [0.15, 0.2) is 0 Å². The van der Waals surface area contributed by atoms with E-state index in [9.17, 15) is 9.90 Å². The van der Waals surface area contributed by atoms with Crippen LogP contribution in [0.5, 0.6) is 0 Å². The van der Waals surface area contributed by atoms with Crippen LogP contribution in [0.15, 0.2) is 41.6 Å². The van der Waals surface area contributed by atoms with Gasteiger partial charge in [0.25, 0.3) is 0 Å². The van der Waals surface area contributed by atoms with Crippen molar-refractivity contribution in [1.29, 1.82) is 0 Å². The van der Waals surface area contributed by atoms with E-state index in [1.54, 1.807) is 17.0 Å². The number of fused-ring (bicyclic) bond motifs is 3. The van der Waals surface area contributed by atoms with Gasteiger partial charge in [0.2, 0.25) is 0 Å². The average Bonchev–Trinajstić information content (AvgIpc) is 3.09. The number of hydrogen-bond acceptors (Lipinski definition) is 6. The van der Waals surface area contributed by atoms with Crippen LogP contribution in [0.2, 0.25) is 0 Å². The van der Waals surface area contributed by atoms with Gasteiger partial charge in [0, 0.05) is 35.9 Å². The summed E-state index contributed by atoms with van der Waals surface area (Å²) < 4.78 is 9.60. The molecule has 34 heavy (non-hydrogen) atoms. The Kier molecular flexibility index (Phi) is 5.95. The zero-order valence-electron chi connectivity index (χ0n) is 20.1. The van der Waals surface area contributed by atoms with Crippen molar-refractivity contribution in [3.63, 3.8) is 0 Å². The van der Waals surface area contributed by atoms with Crippen LogP contribution in [0.3, 0.4) is 0 Å². The monoisotopic (exact) mass is 461 g/mol. The summed E-state index contributed by atoms with van der Waals surface area (Å²) in [4.78, 5) is 27.1. The van der Waals surface area contributed by atoms with Crippen molar-refractivity contribution in [3.8, 4) is 11.3 Å². The second-order valence-corrected chi connectivity index (χ2v) is 9.62. The van der Waals surface area contributed by atoms with Crippen molar-refractivity contribution >= 4 is 21.9 Å². The van der Waals surface area contributed by atoms with E-state index in [0.29, 0.717) is 6.61 Å². The fourth-order valence-corrected chi connectivity index (χ4v) is 5.56. The lowest BCUT2D eigenvalue weighted by Crippen LogP contribution is -2.40. The van der Waals surface area contributed by atoms with E-state index < -0.39 is 0 Å². The highest BCUT2D eigenvalue weighted by Crippen LogP contribution is 2.39. The average molecular weight is 462 g/mol. The standard InChI is InChI=1S/C26H31N5O3/c1-15-9-19(10-16(2)25(15)34-8-7-32)31-24-20-11-21(18-6-5-17(3)27-12-18)28-13-22(20)29-14-23(24)30(4)26(31)33/h5-6,11-16,19,25,32H,7-10H2,1-4H3. The molecule has 8 heteroatoms. The molecule has 1 saturated carbocycles. The molecule has 0 bridgehead atoms. The molecule has 0 radical (unpaired) electrons. The van der Waals surface area contributed by atoms with Crippen LogP contribution in [0, 0.1) is 18.8 Å². The van der Waals surface area contributed by atoms with E-state index in [2.05, 4.69) is 28.8 Å². The highest BCUT2D eigenvalue weighted by Gasteiger charge is 2.36. The Balaban J connectivity index is 1.65. The number of imidazole rings is 1. The number of aliphatic hydroxyl groups excluding tert-OH is 1. The number of aryl methyl sites for hydroxylation is 2. The molecule has 1 N–H and O–H groups in total. The van der Waals surface area contributed by atoms with Gasteiger partial charge in [-0.2, -0.15) is 0 Å². The zero-order chi connectivity index (χ0) is 24.0. The number of aliphatic hydroxyl groups is 1. The van der Waals surface area contributed by atoms with Crippen molar-refractivity contribution in [2.75, 3.05) is 13.2 Å². The largest absolute Gasteiger partial charge is 0.394 e. The summed E-state index contributed by atoms with van der Waals surface area (Å²) in [5.74, 6) is 0.540. The molecule has 8 nitrogen and oxygen atoms in total. The van der Waals surface area contributed by atoms with Gasteiger partial charge in [-0.05, 0) is 49.8 Å². The summed E-state index contributed by atoms with van der Waals surface area (Å²) in [5.41, 5.74) is 5.14. The van der Waals surface area contributed by atoms with Crippen LogP contribution < -0.4 is 5.69 Å². The molecular formula is C26H31N5O3. The van der Waals surface area contributed by atoms with Crippen molar-refractivity contribution in [1.82, 2.24) is 24.1 Å². The number of ether oxygens (including phenoxy) is 1. The molecule has 5 rings (SSSR count). The number of hydrogen-bond donors (Lipinski definition) is 1. The van der Waals surface area contributed by atoms with E-state index >= 15 is 0 Å². The van der Waals surface area contributed by atoms with Crippen LogP contribution in [-0.4, -0.2) is 48.5 Å². The van der Waals surface area contributed by atoms with Gasteiger partial charge >= 0.3 is 5.69 Å². The van der Waals surface area contributed by atoms with Crippen molar-refractivity contribution in [3.05, 3.63) is 53.0 Å². The highest BCUT2D eigenvalue weighted by atomic mass is 16.5. The molecule has 4 aromatic rings. The first-order valence-corrected chi connectivity index (χ1v) is 11.9. The fraction of sp³-hybridized carbons (Fsp3) is 0.462. The second kappa shape index (κ2) is 8.92. The van der Waals surface area contributed by atoms with E-state index in [1.165, 1.54) is 0 Å². The summed E-state index contributed by atoms with van der Waals surface area (Å²) in [7, 11) is 1.81. The predicted octanol–water partition coefficient (Wildman–Crippen LogP) is 3.64. The summed E-state index contributed by atoms with van der Waals surface area (Å²) >= 11 is 0. The third-order valence-corrected chi connectivity index (χ3v) is 7.19. The summed E-state index contributed by atoms with van der Waals surface area (Å²) in [6.45, 7) is 6.67. The number of aromatic nitrogens is 5. The highest BCUT2D eigenvalue weighted by molar-refractivity contribution is 6.03. The Hall–Kier alpha value is -3.10. The van der Waals surface area contributed by atoms with E-state index in [4.69, 9.17) is 4.74 Å². The van der Waals surface area contributed by atoms with Gasteiger partial charge in [-0.3, -0.25) is 24.1 Å². The first kappa shape index (κ1) is 22.7. The minimum Gasteiger partial charge on any atom is -0.394 e. The molecular weight excluding hydrogens is 430 g/mol. The lowest BCUT2D eigenvalue weighted by Gasteiger charge is -2.39. The quantitative estimate of drug-likeness (QED) is 0.488. The SMILES string of the molecule is Cc1ccc(-c2cc3c(cn2)ncc2c3n(C3CC(C)C(OCCO)C(C)C3)c(=O)n2C)cn1. The Morgan fingerprint density at radius 2 is 1.85 bits per heavy atom. The maximum atomic E-state index is 13.5. The molecule has 2 atom stereocenters. The van der Waals surface area contributed by atoms with Crippen LogP contribution in [0.1, 0.15) is 38.4 Å². The number of rotatable bonds is 5. The third-order valence-electron chi connectivity index (χ3n) is 7.19. The first-order chi connectivity index (χ1) is 16.4. The normalized spacial score (nSPS) is 23.1. The zero-order valence-corrected chi connectivity index (χ0v) is 20.1. The van der Waals surface area contributed by atoms with E-state index in [-0.39, 0.29) is 36.3 Å². The maximum Gasteiger partial charge on any atom is 0.329 e. The molecule has 0 aliphatic heterocycles. The van der Waals surface area contributed by atoms with Crippen molar-refractivity contribution in [2.45, 2.75) is 45.8 Å². The predicted molar refractivity (Wildman–Crippen MR) is 132 cm³/mol. The topological polar surface area (TPSA) is 95.1 Å². The summed E-state index contributed by atoms with van der Waals surface area (Å²) in [6, 6.07) is 6.06. The minimum atomic E-state index is -0.0289. The minimum absolute atomic E-state index is 0.0218. The second-order valence-electron chi connectivity index (χ2n) is 9.62. The fourth-order valence-electron chi connectivity index (χ4n) is 5.56. The van der Waals surface area contributed by atoms with E-state index in [0.717, 1.165) is 51.7 Å². The molecule has 1 fully saturated rings. The Morgan fingerprint density at radius 3 is 2.53 bits per heavy atom. The Morgan fingerprint density at radius 1 is 1.09 bits per heavy atom. The van der Waals surface area contributed by atoms with Crippen molar-refractivity contribution < 1.29 is 9.84 Å². The maximum absolute atomic E-state index is 13.5. The molecule has 1 aliphatic carbocycles. The van der Waals surface area contributed by atoms with Crippen LogP contribution in [-0.2, 0) is 11.8 Å². The smallest absolute Gasteiger partial charge is 0.329 e. The lowest BCUT2D eigenvalue weighted by atomic mass is 9.77. The summed E-state index contributed by atoms with van der Waals surface area (Å²) in [6.07, 6.45) is 7.12. The lowest BCUT2D eigenvalue weighted by molar-refractivity contribution is -0.0587. The Bertz CT molecular complexity index is 1380. The number of pyridine rings is 3. The Labute approximate surface area is 198 Å². The molecule has 0 amide bonds. The molecule has 1 aliphatic rings. The molecule has 4 aromatic heterocycles. The van der Waals surface area contributed by atoms with Gasteiger partial charge in [0.1, 0.15) is 0 Å². The van der Waals surface area contributed by atoms with Gasteiger partial charge in [-0.15, -0.1) is 0 Å². The molecule has 178 valence electrons. The molecule has 0 aromatic carbocycles. The van der Waals surface area contributed by atoms with Gasteiger partial charge in [-0.1, -0.05) is 13.8 Å². The van der Waals surface area contributed by atoms with E-state index in [1.807, 2.05) is 42.9 Å². The molecule has 4 heterocycles. The van der Waals surface area contributed by atoms with Crippen LogP contribution >= 0.6 is 0 Å². The third kappa shape index (κ3) is 3.80. The molecule has 0 saturated heterocycles. The molecule has 0 spiro atoms. The van der Waals surface area contributed by atoms with Gasteiger partial charge < -0.3 is 9.84 Å².